The van der Waals surface area contributed by atoms with Crippen LogP contribution in [0.1, 0.15) is 25.3 Å². The molecule has 0 aromatic carbocycles. The van der Waals surface area contributed by atoms with Crippen LogP contribution < -0.4 is 5.32 Å². The van der Waals surface area contributed by atoms with E-state index in [9.17, 15) is 5.11 Å². The molecule has 1 aromatic heterocycles. The number of halogens is 1. The van der Waals surface area contributed by atoms with Crippen molar-refractivity contribution in [2.75, 3.05) is 5.32 Å². The molecule has 1 aliphatic rings. The number of nitrogens with one attached hydrogen (secondary N) is 1. The molecule has 1 aliphatic carbocycles. The van der Waals surface area contributed by atoms with Crippen LogP contribution in [0.2, 0.25) is 5.15 Å². The van der Waals surface area contributed by atoms with Gasteiger partial charge in [0.2, 0.25) is 0 Å². The lowest BCUT2D eigenvalue weighted by Gasteiger charge is -2.41. The molecule has 5 heteroatoms. The zero-order chi connectivity index (χ0) is 11.1. The molecule has 1 heterocycles. The van der Waals surface area contributed by atoms with E-state index in [-0.39, 0.29) is 6.04 Å². The van der Waals surface area contributed by atoms with Crippen LogP contribution in [0, 0.1) is 6.92 Å². The first-order valence-corrected chi connectivity index (χ1v) is 5.33. The molecule has 15 heavy (non-hydrogen) atoms. The lowest BCUT2D eigenvalue weighted by molar-refractivity contribution is -0.0235. The Morgan fingerprint density at radius 2 is 2.20 bits per heavy atom. The third kappa shape index (κ3) is 2.38. The molecule has 2 rings (SSSR count). The van der Waals surface area contributed by atoms with Crippen molar-refractivity contribution in [3.05, 3.63) is 16.8 Å². The summed E-state index contributed by atoms with van der Waals surface area (Å²) in [5.41, 5.74) is 0.451. The van der Waals surface area contributed by atoms with Gasteiger partial charge in [0.25, 0.3) is 0 Å². The third-order valence-corrected chi connectivity index (χ3v) is 2.85. The average Bonchev–Trinajstić information content (AvgIpc) is 2.06. The molecule has 0 spiro atoms. The van der Waals surface area contributed by atoms with Crippen molar-refractivity contribution >= 4 is 17.4 Å². The normalized spacial score (nSPS) is 29.7. The van der Waals surface area contributed by atoms with Crippen molar-refractivity contribution in [3.63, 3.8) is 0 Å². The van der Waals surface area contributed by atoms with Crippen molar-refractivity contribution in [1.82, 2.24) is 10.2 Å². The van der Waals surface area contributed by atoms with Gasteiger partial charge in [-0.25, -0.2) is 0 Å². The topological polar surface area (TPSA) is 58.0 Å². The molecule has 2 N–H and O–H groups in total. The minimum absolute atomic E-state index is 0.286. The molecule has 1 saturated carbocycles. The summed E-state index contributed by atoms with van der Waals surface area (Å²) in [4.78, 5) is 0. The van der Waals surface area contributed by atoms with Crippen LogP contribution in [0.5, 0.6) is 0 Å². The fourth-order valence-electron chi connectivity index (χ4n) is 1.89. The lowest BCUT2D eigenvalue weighted by atomic mass is 9.77. The van der Waals surface area contributed by atoms with Crippen LogP contribution in [0.4, 0.5) is 5.82 Å². The predicted molar refractivity (Wildman–Crippen MR) is 59.0 cm³/mol. The van der Waals surface area contributed by atoms with Gasteiger partial charge >= 0.3 is 0 Å². The fourth-order valence-corrected chi connectivity index (χ4v) is 2.09. The summed E-state index contributed by atoms with van der Waals surface area (Å²) in [5.74, 6) is 0.750. The van der Waals surface area contributed by atoms with E-state index in [0.717, 1.165) is 24.2 Å². The van der Waals surface area contributed by atoms with Gasteiger partial charge in [-0.3, -0.25) is 0 Å². The third-order valence-electron chi connectivity index (χ3n) is 2.67. The Morgan fingerprint density at radius 1 is 1.53 bits per heavy atom. The summed E-state index contributed by atoms with van der Waals surface area (Å²) in [6, 6.07) is 2.06. The largest absolute Gasteiger partial charge is 0.390 e. The average molecular weight is 228 g/mol. The second-order valence-corrected chi connectivity index (χ2v) is 4.83. The van der Waals surface area contributed by atoms with Crippen LogP contribution in [0.25, 0.3) is 0 Å². The highest BCUT2D eigenvalue weighted by Crippen LogP contribution is 2.33. The number of hydrogen-bond acceptors (Lipinski definition) is 4. The molecule has 0 atom stereocenters. The summed E-state index contributed by atoms with van der Waals surface area (Å²) in [5, 5.41) is 21.0. The molecular weight excluding hydrogens is 214 g/mol. The van der Waals surface area contributed by atoms with Gasteiger partial charge in [0.15, 0.2) is 11.0 Å². The number of aryl methyl sites for hydroxylation is 1. The molecule has 0 radical (unpaired) electrons. The smallest absolute Gasteiger partial charge is 0.152 e. The molecule has 0 saturated heterocycles. The summed E-state index contributed by atoms with van der Waals surface area (Å²) >= 11 is 5.71. The zero-order valence-electron chi connectivity index (χ0n) is 8.79. The molecule has 82 valence electrons. The molecule has 4 nitrogen and oxygen atoms in total. The van der Waals surface area contributed by atoms with E-state index in [2.05, 4.69) is 15.5 Å². The summed E-state index contributed by atoms with van der Waals surface area (Å²) < 4.78 is 0. The van der Waals surface area contributed by atoms with E-state index in [1.807, 2.05) is 13.8 Å². The molecule has 0 bridgehead atoms. The Bertz CT molecular complexity index is 373. The zero-order valence-corrected chi connectivity index (χ0v) is 9.54. The molecule has 0 unspecified atom stereocenters. The Kier molecular flexibility index (Phi) is 2.56. The Balaban J connectivity index is 2.00. The number of hydrogen-bond donors (Lipinski definition) is 2. The highest BCUT2D eigenvalue weighted by molar-refractivity contribution is 6.29. The summed E-state index contributed by atoms with van der Waals surface area (Å²) in [7, 11) is 0. The van der Waals surface area contributed by atoms with E-state index >= 15 is 0 Å². The Labute approximate surface area is 93.7 Å². The van der Waals surface area contributed by atoms with E-state index in [0.29, 0.717) is 5.15 Å². The molecule has 0 aliphatic heterocycles. The number of anilines is 1. The minimum Gasteiger partial charge on any atom is -0.390 e. The Hall–Kier alpha value is -0.870. The van der Waals surface area contributed by atoms with Crippen LogP contribution in [0.3, 0.4) is 0 Å². The van der Waals surface area contributed by atoms with Crippen LogP contribution in [-0.4, -0.2) is 26.9 Å². The first-order chi connectivity index (χ1) is 6.96. The van der Waals surface area contributed by atoms with E-state index < -0.39 is 5.60 Å². The number of rotatable bonds is 2. The molecular formula is C10H14ClN3O. The van der Waals surface area contributed by atoms with E-state index in [1.54, 1.807) is 6.07 Å². The summed E-state index contributed by atoms with van der Waals surface area (Å²) in [6.45, 7) is 3.77. The highest BCUT2D eigenvalue weighted by atomic mass is 35.5. The van der Waals surface area contributed by atoms with Gasteiger partial charge in [-0.15, -0.1) is 10.2 Å². The molecule has 1 fully saturated rings. The van der Waals surface area contributed by atoms with E-state index in [1.165, 1.54) is 0 Å². The maximum atomic E-state index is 9.58. The number of nitrogens with zero attached hydrogens (tertiary/aromatic N) is 2. The van der Waals surface area contributed by atoms with Gasteiger partial charge in [0.05, 0.1) is 5.60 Å². The second-order valence-electron chi connectivity index (χ2n) is 4.45. The Morgan fingerprint density at radius 3 is 2.73 bits per heavy atom. The summed E-state index contributed by atoms with van der Waals surface area (Å²) in [6.07, 6.45) is 1.49. The first-order valence-electron chi connectivity index (χ1n) is 4.95. The molecule has 0 amide bonds. The standard InChI is InChI=1S/C10H14ClN3O/c1-6-3-8(11)13-14-9(6)12-7-4-10(2,15)5-7/h3,7,15H,4-5H2,1-2H3,(H,12,14). The van der Waals surface area contributed by atoms with Gasteiger partial charge in [0.1, 0.15) is 0 Å². The van der Waals surface area contributed by atoms with Crippen molar-refractivity contribution in [2.24, 2.45) is 0 Å². The highest BCUT2D eigenvalue weighted by Gasteiger charge is 2.38. The van der Waals surface area contributed by atoms with Crippen molar-refractivity contribution < 1.29 is 5.11 Å². The van der Waals surface area contributed by atoms with Gasteiger partial charge in [-0.2, -0.15) is 0 Å². The number of aromatic nitrogens is 2. The lowest BCUT2D eigenvalue weighted by Crippen LogP contribution is -2.48. The van der Waals surface area contributed by atoms with Crippen molar-refractivity contribution in [1.29, 1.82) is 0 Å². The van der Waals surface area contributed by atoms with Crippen LogP contribution >= 0.6 is 11.6 Å². The van der Waals surface area contributed by atoms with Crippen molar-refractivity contribution in [2.45, 2.75) is 38.3 Å². The monoisotopic (exact) mass is 227 g/mol. The number of aliphatic hydroxyl groups is 1. The fraction of sp³-hybridized carbons (Fsp3) is 0.600. The quantitative estimate of drug-likeness (QED) is 0.809. The van der Waals surface area contributed by atoms with Gasteiger partial charge in [0, 0.05) is 6.04 Å². The van der Waals surface area contributed by atoms with Crippen LogP contribution in [0.15, 0.2) is 6.07 Å². The molecule has 1 aromatic rings. The SMILES string of the molecule is Cc1cc(Cl)nnc1NC1CC(C)(O)C1. The van der Waals surface area contributed by atoms with Crippen molar-refractivity contribution in [3.8, 4) is 0 Å². The second kappa shape index (κ2) is 3.61. The maximum Gasteiger partial charge on any atom is 0.152 e. The van der Waals surface area contributed by atoms with E-state index in [4.69, 9.17) is 11.6 Å². The first kappa shape index (κ1) is 10.6. The van der Waals surface area contributed by atoms with Gasteiger partial charge in [-0.1, -0.05) is 11.6 Å². The predicted octanol–water partition coefficient (Wildman–Crippen LogP) is 1.76. The van der Waals surface area contributed by atoms with Crippen LogP contribution in [-0.2, 0) is 0 Å². The van der Waals surface area contributed by atoms with Gasteiger partial charge in [-0.05, 0) is 38.3 Å². The van der Waals surface area contributed by atoms with Gasteiger partial charge < -0.3 is 10.4 Å². The minimum atomic E-state index is -0.522. The maximum absolute atomic E-state index is 9.58.